The first kappa shape index (κ1) is 75.2. The molecule has 6 N–H and O–H groups in total. The number of phosphoric ester groups is 1. The van der Waals surface area contributed by atoms with Gasteiger partial charge < -0.3 is 54.3 Å². The molecule has 2 aromatic rings. The van der Waals surface area contributed by atoms with Gasteiger partial charge in [-0.1, -0.05) is 60.5 Å². The van der Waals surface area contributed by atoms with E-state index in [9.17, 15) is 57.8 Å². The first-order valence-electron chi connectivity index (χ1n) is 30.4. The van der Waals surface area contributed by atoms with Crippen molar-refractivity contribution in [2.24, 2.45) is 23.7 Å². The van der Waals surface area contributed by atoms with E-state index in [-0.39, 0.29) is 161 Å². The number of likely N-dealkylation sites (tertiary alicyclic amines) is 2. The lowest BCUT2D eigenvalue weighted by Crippen LogP contribution is -2.48. The molecule has 494 valence electrons. The van der Waals surface area contributed by atoms with Gasteiger partial charge in [-0.05, 0) is 93.8 Å². The maximum Gasteiger partial charge on any atom is 0.524 e. The van der Waals surface area contributed by atoms with E-state index in [0.717, 1.165) is 43.6 Å². The topological polar surface area (TPSA) is 340 Å². The fraction of sp³-hybridized carbons (Fsp3) is 0.700. The summed E-state index contributed by atoms with van der Waals surface area (Å²) in [6.07, 6.45) is 4.79. The Morgan fingerprint density at radius 2 is 1.59 bits per heavy atom. The molecule has 1 aromatic heterocycles. The number of rotatable bonds is 43. The van der Waals surface area contributed by atoms with Gasteiger partial charge in [0.25, 0.3) is 5.91 Å². The summed E-state index contributed by atoms with van der Waals surface area (Å²) >= 11 is 2.53. The summed E-state index contributed by atoms with van der Waals surface area (Å²) in [4.78, 5) is 134. The Balaban J connectivity index is 1.29. The second kappa shape index (κ2) is 38.5. The number of aromatic nitrogens is 1. The van der Waals surface area contributed by atoms with Crippen molar-refractivity contribution in [3.8, 4) is 5.75 Å². The van der Waals surface area contributed by atoms with E-state index in [0.29, 0.717) is 36.3 Å². The first-order chi connectivity index (χ1) is 41.7. The highest BCUT2D eigenvalue weighted by Gasteiger charge is 2.40. The Kier molecular flexibility index (Phi) is 32.9. The lowest BCUT2D eigenvalue weighted by atomic mass is 9.83. The van der Waals surface area contributed by atoms with E-state index < -0.39 is 66.8 Å². The molecule has 2 saturated heterocycles. The lowest BCUT2D eigenvalue weighted by Gasteiger charge is -2.37. The summed E-state index contributed by atoms with van der Waals surface area (Å²) in [6, 6.07) is 2.50. The Morgan fingerprint density at radius 1 is 0.932 bits per heavy atom. The van der Waals surface area contributed by atoms with Crippen LogP contribution in [0, 0.1) is 29.1 Å². The molecule has 28 heteroatoms. The molecule has 2 aliphatic heterocycles. The third kappa shape index (κ3) is 25.9. The number of carbonyl (C=O) groups excluding carboxylic acids is 7. The second-order valence-corrected chi connectivity index (χ2v) is 26.2. The summed E-state index contributed by atoms with van der Waals surface area (Å²) in [6.45, 7) is 15.0. The van der Waals surface area contributed by atoms with Gasteiger partial charge in [-0.25, -0.2) is 9.55 Å². The summed E-state index contributed by atoms with van der Waals surface area (Å²) in [5.74, 6) is -4.94. The number of nitrogens with zero attached hydrogens (tertiary/aromatic N) is 4. The van der Waals surface area contributed by atoms with Crippen molar-refractivity contribution in [3.05, 3.63) is 39.8 Å². The number of likely N-dealkylation sites (N-methyl/N-ethyl adjacent to an activating group) is 1. The molecule has 2 aliphatic rings. The number of ketones is 1. The number of phosphoric acid groups is 1. The van der Waals surface area contributed by atoms with Gasteiger partial charge in [-0.2, -0.15) is 0 Å². The van der Waals surface area contributed by atoms with E-state index >= 15 is 0 Å². The zero-order chi connectivity index (χ0) is 65.1. The fourth-order valence-electron chi connectivity index (χ4n) is 10.4. The van der Waals surface area contributed by atoms with Crippen molar-refractivity contribution in [1.29, 1.82) is 5.41 Å². The van der Waals surface area contributed by atoms with Crippen molar-refractivity contribution in [2.45, 2.75) is 161 Å². The highest BCUT2D eigenvalue weighted by molar-refractivity contribution is 8.00. The zero-order valence-corrected chi connectivity index (χ0v) is 55.0. The molecule has 0 saturated carbocycles. The minimum absolute atomic E-state index is 0.0194. The van der Waals surface area contributed by atoms with Crippen molar-refractivity contribution in [1.82, 2.24) is 25.0 Å². The number of esters is 1. The molecule has 0 bridgehead atoms. The van der Waals surface area contributed by atoms with Crippen molar-refractivity contribution < 1.29 is 86.0 Å². The number of hydrogen-bond acceptors (Lipinski definition) is 20. The van der Waals surface area contributed by atoms with Gasteiger partial charge >= 0.3 is 19.8 Å². The number of piperidine rings is 1. The van der Waals surface area contributed by atoms with Crippen LogP contribution in [0.3, 0.4) is 0 Å². The number of carboxylic acid groups (broad SMARTS) is 1. The summed E-state index contributed by atoms with van der Waals surface area (Å²) in [7, 11) is -1.48. The van der Waals surface area contributed by atoms with Crippen LogP contribution < -0.4 is 15.2 Å². The molecule has 25 nitrogen and oxygen atoms in total. The third-order valence-corrected chi connectivity index (χ3v) is 18.3. The number of imide groups is 1. The van der Waals surface area contributed by atoms with Gasteiger partial charge in [0.2, 0.25) is 23.6 Å². The molecule has 0 aliphatic carbocycles. The molecular weight excluding hydrogens is 1200 g/mol. The molecule has 0 radical (unpaired) electrons. The molecule has 4 rings (SSSR count). The minimum Gasteiger partial charge on any atom is -0.481 e. The predicted molar refractivity (Wildman–Crippen MR) is 332 cm³/mol. The van der Waals surface area contributed by atoms with Crippen molar-refractivity contribution >= 4 is 89.6 Å². The van der Waals surface area contributed by atoms with Crippen LogP contribution in [-0.4, -0.2) is 197 Å². The number of anilines is 1. The Bertz CT molecular complexity index is 2680. The van der Waals surface area contributed by atoms with E-state index in [1.807, 2.05) is 41.7 Å². The summed E-state index contributed by atoms with van der Waals surface area (Å²) in [5, 5.41) is 24.5. The van der Waals surface area contributed by atoms with E-state index in [2.05, 4.69) is 20.5 Å². The number of Topliss-reactive ketones (excluding diaryl/α,β-unsaturated/α-hetero) is 1. The summed E-state index contributed by atoms with van der Waals surface area (Å²) < 4.78 is 44.9. The lowest BCUT2D eigenvalue weighted by molar-refractivity contribution is -0.150. The van der Waals surface area contributed by atoms with Crippen LogP contribution in [0.25, 0.3) is 0 Å². The molecular formula is C60H94N7O18PS2. The van der Waals surface area contributed by atoms with Crippen LogP contribution in [0.15, 0.2) is 23.6 Å². The van der Waals surface area contributed by atoms with E-state index in [4.69, 9.17) is 33.6 Å². The van der Waals surface area contributed by atoms with E-state index in [1.165, 1.54) is 54.1 Å². The average molecular weight is 1300 g/mol. The Hall–Kier alpha value is -5.22. The molecule has 88 heavy (non-hydrogen) atoms. The van der Waals surface area contributed by atoms with Gasteiger partial charge in [-0.15, -0.1) is 23.1 Å². The largest absolute Gasteiger partial charge is 0.524 e. The van der Waals surface area contributed by atoms with Gasteiger partial charge in [0.05, 0.1) is 88.7 Å². The van der Waals surface area contributed by atoms with Crippen LogP contribution in [0.4, 0.5) is 5.69 Å². The number of carbonyl (C=O) groups is 8. The SMILES string of the molecule is CCC(=N)CCCSC1CC(=O)N(CCOCCOCCOCCOCCC(=O)Nc2cc(C[C@@H](CC(C)C(=O)O)NC(=O)c3csc([C@@H](C[C@H](C(C)C)N(C)C(=O)[C@@H](CC(=O)C4CCCCN4C)[C@@H](C)CC)OC(C)=O)n3)ccc2OP(=O)(O)O)C1=O. The normalized spacial score (nSPS) is 17.7. The van der Waals surface area contributed by atoms with Crippen molar-refractivity contribution in [3.63, 3.8) is 0 Å². The number of ether oxygens (including phenoxy) is 5. The summed E-state index contributed by atoms with van der Waals surface area (Å²) in [5.41, 5.74) is 0.932. The molecule has 5 amide bonds. The highest BCUT2D eigenvalue weighted by Crippen LogP contribution is 2.42. The quantitative estimate of drug-likeness (QED) is 0.0127. The molecule has 3 unspecified atom stereocenters. The molecule has 8 atom stereocenters. The first-order valence-corrected chi connectivity index (χ1v) is 33.9. The maximum atomic E-state index is 14.5. The van der Waals surface area contributed by atoms with Gasteiger partial charge in [0.15, 0.2) is 17.6 Å². The van der Waals surface area contributed by atoms with Crippen LogP contribution in [0.5, 0.6) is 5.75 Å². The third-order valence-electron chi connectivity index (χ3n) is 15.7. The second-order valence-electron chi connectivity index (χ2n) is 22.8. The number of thiazole rings is 1. The molecule has 2 fully saturated rings. The van der Waals surface area contributed by atoms with Crippen LogP contribution in [-0.2, 0) is 68.2 Å². The molecule has 0 spiro atoms. The Labute approximate surface area is 525 Å². The average Bonchev–Trinajstić information content (AvgIpc) is 4.28. The van der Waals surface area contributed by atoms with Crippen LogP contribution in [0.1, 0.15) is 153 Å². The molecule has 3 heterocycles. The van der Waals surface area contributed by atoms with Gasteiger partial charge in [0.1, 0.15) is 10.7 Å². The maximum absolute atomic E-state index is 14.5. The Morgan fingerprint density at radius 3 is 2.19 bits per heavy atom. The molecule has 1 aromatic carbocycles. The van der Waals surface area contributed by atoms with Crippen LogP contribution in [0.2, 0.25) is 0 Å². The standard InChI is InChI=1S/C60H94N7O18PS2/c1-10-39(5)45(34-50(69)48-16-12-13-20-65(48)8)58(73)66(9)49(38(3)4)35-52(84-41(7)68)57-64-47(37-88-57)56(72)62-44(31-40(6)60(75)76)32-42-17-18-51(85-86(77,78)79)46(33-42)63-54(70)19-22-80-24-26-82-28-29-83-27-25-81-23-21-67-55(71)36-53(59(67)74)87-30-14-15-43(61)11-2/h17-18,33,37-40,44-45,48-49,52-53,61H,10-16,19-32,34-36H2,1-9H3,(H,62,72)(H,63,70)(H,75,76)(H2,77,78,79)/t39-,40?,44+,45-,48?,49+,52+,53?/m0/s1. The number of benzene rings is 1. The number of nitrogens with one attached hydrogen (secondary N) is 3. The zero-order valence-electron chi connectivity index (χ0n) is 52.5. The highest BCUT2D eigenvalue weighted by atomic mass is 32.2. The van der Waals surface area contributed by atoms with Crippen LogP contribution >= 0.6 is 30.9 Å². The number of thioether (sulfide) groups is 1. The predicted octanol–water partition coefficient (Wildman–Crippen LogP) is 7.12. The number of amides is 5. The van der Waals surface area contributed by atoms with Gasteiger partial charge in [-0.3, -0.25) is 57.9 Å². The van der Waals surface area contributed by atoms with Gasteiger partial charge in [0, 0.05) is 62.3 Å². The fourth-order valence-corrected chi connectivity index (χ4v) is 12.8. The minimum atomic E-state index is -5.12. The number of carboxylic acids is 1. The monoisotopic (exact) mass is 1300 g/mol. The van der Waals surface area contributed by atoms with E-state index in [1.54, 1.807) is 11.9 Å². The number of hydrogen-bond donors (Lipinski definition) is 6. The van der Waals surface area contributed by atoms with Crippen molar-refractivity contribution in [2.75, 3.05) is 91.1 Å². The number of aliphatic carboxylic acids is 1. The smallest absolute Gasteiger partial charge is 0.481 e.